The number of benzene rings is 2. The van der Waals surface area contributed by atoms with Crippen LogP contribution in [0, 0.1) is 0 Å². The highest BCUT2D eigenvalue weighted by atomic mass is 16.7. The molecule has 2 aromatic carbocycles. The Morgan fingerprint density at radius 3 is 2.11 bits per heavy atom. The first-order chi connectivity index (χ1) is 17.3. The van der Waals surface area contributed by atoms with Gasteiger partial charge in [-0.1, -0.05) is 36.4 Å². The van der Waals surface area contributed by atoms with Gasteiger partial charge in [0.2, 0.25) is 0 Å². The Balaban J connectivity index is 1.65. The fourth-order valence-electron chi connectivity index (χ4n) is 3.62. The SMILES string of the molecule is CC(=O)OC1C(OC(=O)c2ccccc2)C(COC(=O)c2ccccc2)OC1n1ncc(=O)[nH]c1=O. The molecule has 0 bridgehead atoms. The van der Waals surface area contributed by atoms with Crippen molar-refractivity contribution in [3.8, 4) is 0 Å². The highest BCUT2D eigenvalue weighted by Gasteiger charge is 2.51. The number of esters is 3. The largest absolute Gasteiger partial charge is 0.459 e. The van der Waals surface area contributed by atoms with E-state index in [0.29, 0.717) is 0 Å². The van der Waals surface area contributed by atoms with Crippen LogP contribution in [0.1, 0.15) is 33.9 Å². The van der Waals surface area contributed by atoms with Crippen molar-refractivity contribution >= 4 is 17.9 Å². The molecular formula is C24H21N3O9. The zero-order valence-corrected chi connectivity index (χ0v) is 18.9. The summed E-state index contributed by atoms with van der Waals surface area (Å²) >= 11 is 0. The highest BCUT2D eigenvalue weighted by Crippen LogP contribution is 2.33. The zero-order chi connectivity index (χ0) is 25.7. The van der Waals surface area contributed by atoms with E-state index in [4.69, 9.17) is 18.9 Å². The number of aromatic nitrogens is 3. The molecule has 36 heavy (non-hydrogen) atoms. The van der Waals surface area contributed by atoms with E-state index in [1.54, 1.807) is 48.5 Å². The molecule has 1 fully saturated rings. The lowest BCUT2D eigenvalue weighted by atomic mass is 10.1. The van der Waals surface area contributed by atoms with Crippen LogP contribution < -0.4 is 11.2 Å². The first-order valence-electron chi connectivity index (χ1n) is 10.8. The molecule has 3 aromatic rings. The van der Waals surface area contributed by atoms with Gasteiger partial charge >= 0.3 is 23.6 Å². The standard InChI is InChI=1S/C24H21N3O9/c1-14(28)34-20-19(36-23(31)16-10-6-3-7-11-16)17(13-33-22(30)15-8-4-2-5-9-15)35-21(20)27-24(32)26-18(29)12-25-27/h2-12,17,19-21H,13H2,1H3,(H,26,29,32). The van der Waals surface area contributed by atoms with Crippen molar-refractivity contribution in [3.63, 3.8) is 0 Å². The van der Waals surface area contributed by atoms with Gasteiger partial charge in [0.25, 0.3) is 5.56 Å². The molecule has 0 spiro atoms. The number of nitrogens with one attached hydrogen (secondary N) is 1. The molecule has 1 aliphatic rings. The van der Waals surface area contributed by atoms with Crippen LogP contribution in [0.4, 0.5) is 0 Å². The van der Waals surface area contributed by atoms with E-state index in [9.17, 15) is 24.0 Å². The maximum Gasteiger partial charge on any atom is 0.347 e. The van der Waals surface area contributed by atoms with E-state index in [1.165, 1.54) is 12.1 Å². The monoisotopic (exact) mass is 495 g/mol. The van der Waals surface area contributed by atoms with E-state index in [-0.39, 0.29) is 11.1 Å². The Hall–Kier alpha value is -4.58. The molecule has 1 N–H and O–H groups in total. The molecular weight excluding hydrogens is 474 g/mol. The van der Waals surface area contributed by atoms with E-state index in [2.05, 4.69) is 5.10 Å². The van der Waals surface area contributed by atoms with E-state index < -0.39 is 60.3 Å². The number of nitrogens with zero attached hydrogens (tertiary/aromatic N) is 2. The van der Waals surface area contributed by atoms with Crippen molar-refractivity contribution in [1.82, 2.24) is 14.8 Å². The summed E-state index contributed by atoms with van der Waals surface area (Å²) in [7, 11) is 0. The second-order valence-electron chi connectivity index (χ2n) is 7.72. The molecule has 4 atom stereocenters. The summed E-state index contributed by atoms with van der Waals surface area (Å²) in [6.07, 6.45) is -4.36. The van der Waals surface area contributed by atoms with Crippen LogP contribution in [-0.4, -0.2) is 57.6 Å². The summed E-state index contributed by atoms with van der Waals surface area (Å²) in [5.74, 6) is -2.18. The fourth-order valence-corrected chi connectivity index (χ4v) is 3.62. The minimum Gasteiger partial charge on any atom is -0.459 e. The number of carbonyl (C=O) groups excluding carboxylic acids is 3. The maximum atomic E-state index is 12.8. The number of hydrogen-bond donors (Lipinski definition) is 1. The molecule has 0 aliphatic carbocycles. The smallest absolute Gasteiger partial charge is 0.347 e. The van der Waals surface area contributed by atoms with Crippen molar-refractivity contribution in [2.24, 2.45) is 0 Å². The lowest BCUT2D eigenvalue weighted by Crippen LogP contribution is -2.43. The number of H-pyrrole nitrogens is 1. The summed E-state index contributed by atoms with van der Waals surface area (Å²) < 4.78 is 23.0. The van der Waals surface area contributed by atoms with Gasteiger partial charge in [0.05, 0.1) is 11.1 Å². The predicted octanol–water partition coefficient (Wildman–Crippen LogP) is 0.843. The van der Waals surface area contributed by atoms with Crippen molar-refractivity contribution in [2.75, 3.05) is 6.61 Å². The Kier molecular flexibility index (Phi) is 7.35. The first-order valence-corrected chi connectivity index (χ1v) is 10.8. The average Bonchev–Trinajstić information content (AvgIpc) is 3.19. The zero-order valence-electron chi connectivity index (χ0n) is 18.9. The van der Waals surface area contributed by atoms with Crippen LogP contribution in [0.2, 0.25) is 0 Å². The van der Waals surface area contributed by atoms with E-state index in [1.807, 2.05) is 4.98 Å². The molecule has 4 rings (SSSR count). The number of aromatic amines is 1. The lowest BCUT2D eigenvalue weighted by molar-refractivity contribution is -0.156. The number of rotatable bonds is 7. The van der Waals surface area contributed by atoms with Crippen molar-refractivity contribution in [1.29, 1.82) is 0 Å². The maximum absolute atomic E-state index is 12.8. The quantitative estimate of drug-likeness (QED) is 0.368. The molecule has 186 valence electrons. The number of carbonyl (C=O) groups is 3. The molecule has 0 amide bonds. The molecule has 0 radical (unpaired) electrons. The summed E-state index contributed by atoms with van der Waals surface area (Å²) in [4.78, 5) is 63.1. The van der Waals surface area contributed by atoms with Crippen molar-refractivity contribution < 1.29 is 33.3 Å². The van der Waals surface area contributed by atoms with Crippen molar-refractivity contribution in [3.05, 3.63) is 98.8 Å². The number of ether oxygens (including phenoxy) is 4. The van der Waals surface area contributed by atoms with E-state index in [0.717, 1.165) is 17.8 Å². The van der Waals surface area contributed by atoms with Gasteiger partial charge in [-0.15, -0.1) is 0 Å². The molecule has 12 heteroatoms. The average molecular weight is 495 g/mol. The Morgan fingerprint density at radius 1 is 0.917 bits per heavy atom. The van der Waals surface area contributed by atoms with Crippen LogP contribution in [0.15, 0.2) is 76.4 Å². The minimum atomic E-state index is -1.40. The molecule has 1 aliphatic heterocycles. The fraction of sp³-hybridized carbons (Fsp3) is 0.250. The van der Waals surface area contributed by atoms with Gasteiger partial charge < -0.3 is 18.9 Å². The second kappa shape index (κ2) is 10.8. The van der Waals surface area contributed by atoms with Gasteiger partial charge in [-0.2, -0.15) is 9.78 Å². The van der Waals surface area contributed by atoms with Crippen LogP contribution in [0.3, 0.4) is 0 Å². The lowest BCUT2D eigenvalue weighted by Gasteiger charge is -2.24. The minimum absolute atomic E-state index is 0.210. The van der Waals surface area contributed by atoms with E-state index >= 15 is 0 Å². The predicted molar refractivity (Wildman–Crippen MR) is 121 cm³/mol. The normalized spacial score (nSPS) is 20.9. The molecule has 12 nitrogen and oxygen atoms in total. The summed E-state index contributed by atoms with van der Waals surface area (Å²) in [6.45, 7) is 0.714. The van der Waals surface area contributed by atoms with Gasteiger partial charge in [0, 0.05) is 6.92 Å². The topological polar surface area (TPSA) is 156 Å². The Morgan fingerprint density at radius 2 is 1.53 bits per heavy atom. The molecule has 4 unspecified atom stereocenters. The van der Waals surface area contributed by atoms with Crippen molar-refractivity contribution in [2.45, 2.75) is 31.5 Å². The third kappa shape index (κ3) is 5.55. The Bertz CT molecular complexity index is 1350. The van der Waals surface area contributed by atoms with Crippen LogP contribution in [0.25, 0.3) is 0 Å². The molecule has 2 heterocycles. The molecule has 1 aromatic heterocycles. The summed E-state index contributed by atoms with van der Waals surface area (Å²) in [5, 5.41) is 3.76. The van der Waals surface area contributed by atoms with Gasteiger partial charge in [-0.3, -0.25) is 14.6 Å². The number of hydrogen-bond acceptors (Lipinski definition) is 10. The van der Waals surface area contributed by atoms with Crippen LogP contribution in [0.5, 0.6) is 0 Å². The second-order valence-corrected chi connectivity index (χ2v) is 7.72. The first kappa shape index (κ1) is 24.5. The third-order valence-corrected chi connectivity index (χ3v) is 5.21. The van der Waals surface area contributed by atoms with Gasteiger partial charge in [0.1, 0.15) is 18.9 Å². The summed E-state index contributed by atoms with van der Waals surface area (Å²) in [5.41, 5.74) is -1.21. The third-order valence-electron chi connectivity index (χ3n) is 5.21. The summed E-state index contributed by atoms with van der Waals surface area (Å²) in [6, 6.07) is 16.2. The van der Waals surface area contributed by atoms with Gasteiger partial charge in [-0.25, -0.2) is 14.4 Å². The van der Waals surface area contributed by atoms with Gasteiger partial charge in [-0.05, 0) is 24.3 Å². The Labute approximate surface area is 203 Å². The highest BCUT2D eigenvalue weighted by molar-refractivity contribution is 5.90. The van der Waals surface area contributed by atoms with Crippen LogP contribution >= 0.6 is 0 Å². The van der Waals surface area contributed by atoms with Gasteiger partial charge in [0.15, 0.2) is 18.4 Å². The molecule has 1 saturated heterocycles. The molecule has 0 saturated carbocycles. The van der Waals surface area contributed by atoms with Crippen LogP contribution in [-0.2, 0) is 23.7 Å².